The van der Waals surface area contributed by atoms with E-state index in [9.17, 15) is 4.79 Å². The normalized spacial score (nSPS) is 14.3. The van der Waals surface area contributed by atoms with E-state index in [1.807, 2.05) is 41.2 Å². The number of aryl methyl sites for hydroxylation is 1. The number of amides is 1. The van der Waals surface area contributed by atoms with E-state index in [0.29, 0.717) is 19.5 Å². The summed E-state index contributed by atoms with van der Waals surface area (Å²) in [6.45, 7) is 5.88. The Labute approximate surface area is 205 Å². The number of rotatable bonds is 9. The van der Waals surface area contributed by atoms with Crippen LogP contribution >= 0.6 is 0 Å². The standard InChI is InChI=1S/C27H31N7O/c35-25(12-11-22-7-3-1-4-8-22)28-13-14-34-27-24(19-31-34)26(29-21-30-27)33-17-15-32(16-18-33)20-23-9-5-2-6-10-23/h1-10,19,21H,11-18,20H2,(H,28,35). The minimum Gasteiger partial charge on any atom is -0.354 e. The smallest absolute Gasteiger partial charge is 0.220 e. The molecule has 1 N–H and O–H groups in total. The van der Waals surface area contributed by atoms with Gasteiger partial charge in [0.2, 0.25) is 5.91 Å². The van der Waals surface area contributed by atoms with Gasteiger partial charge in [0.25, 0.3) is 0 Å². The number of piperazine rings is 1. The summed E-state index contributed by atoms with van der Waals surface area (Å²) in [7, 11) is 0. The van der Waals surface area contributed by atoms with Crippen molar-refractivity contribution in [3.63, 3.8) is 0 Å². The first-order valence-electron chi connectivity index (χ1n) is 12.2. The molecule has 1 aliphatic rings. The second kappa shape index (κ2) is 11.1. The number of carbonyl (C=O) groups excluding carboxylic acids is 1. The highest BCUT2D eigenvalue weighted by atomic mass is 16.1. The van der Waals surface area contributed by atoms with Crippen LogP contribution < -0.4 is 10.2 Å². The van der Waals surface area contributed by atoms with Crippen LogP contribution in [0.3, 0.4) is 0 Å². The van der Waals surface area contributed by atoms with Gasteiger partial charge in [-0.1, -0.05) is 60.7 Å². The molecule has 0 bridgehead atoms. The number of nitrogens with one attached hydrogen (secondary N) is 1. The highest BCUT2D eigenvalue weighted by Gasteiger charge is 2.21. The van der Waals surface area contributed by atoms with Crippen molar-refractivity contribution in [3.05, 3.63) is 84.3 Å². The fraction of sp³-hybridized carbons (Fsp3) is 0.333. The zero-order chi connectivity index (χ0) is 23.9. The lowest BCUT2D eigenvalue weighted by Crippen LogP contribution is -2.46. The van der Waals surface area contributed by atoms with Gasteiger partial charge >= 0.3 is 0 Å². The number of hydrogen-bond donors (Lipinski definition) is 1. The zero-order valence-corrected chi connectivity index (χ0v) is 19.9. The third-order valence-electron chi connectivity index (χ3n) is 6.46. The molecule has 0 radical (unpaired) electrons. The van der Waals surface area contributed by atoms with E-state index < -0.39 is 0 Å². The number of carbonyl (C=O) groups is 1. The van der Waals surface area contributed by atoms with Crippen molar-refractivity contribution in [2.45, 2.75) is 25.9 Å². The molecular formula is C27H31N7O. The largest absolute Gasteiger partial charge is 0.354 e. The fourth-order valence-corrected chi connectivity index (χ4v) is 4.55. The molecule has 1 amide bonds. The van der Waals surface area contributed by atoms with Crippen LogP contribution in [0.25, 0.3) is 11.0 Å². The van der Waals surface area contributed by atoms with Crippen LogP contribution in [0.5, 0.6) is 0 Å². The first-order valence-corrected chi connectivity index (χ1v) is 12.2. The molecule has 180 valence electrons. The predicted octanol–water partition coefficient (Wildman–Crippen LogP) is 2.90. The molecule has 8 heteroatoms. The van der Waals surface area contributed by atoms with E-state index in [1.165, 1.54) is 11.1 Å². The zero-order valence-electron chi connectivity index (χ0n) is 19.9. The van der Waals surface area contributed by atoms with Crippen LogP contribution in [-0.2, 0) is 24.3 Å². The Morgan fingerprint density at radius 2 is 1.60 bits per heavy atom. The minimum absolute atomic E-state index is 0.0500. The summed E-state index contributed by atoms with van der Waals surface area (Å²) in [6, 6.07) is 20.7. The first kappa shape index (κ1) is 23.0. The van der Waals surface area contributed by atoms with E-state index in [0.717, 1.165) is 56.0 Å². The van der Waals surface area contributed by atoms with Crippen LogP contribution in [0.2, 0.25) is 0 Å². The molecule has 0 aliphatic carbocycles. The van der Waals surface area contributed by atoms with Crippen molar-refractivity contribution < 1.29 is 4.79 Å². The van der Waals surface area contributed by atoms with Gasteiger partial charge in [-0.25, -0.2) is 14.6 Å². The molecule has 8 nitrogen and oxygen atoms in total. The van der Waals surface area contributed by atoms with Gasteiger partial charge in [-0.2, -0.15) is 5.10 Å². The molecule has 1 saturated heterocycles. The number of hydrogen-bond acceptors (Lipinski definition) is 6. The third kappa shape index (κ3) is 5.84. The molecule has 1 fully saturated rings. The van der Waals surface area contributed by atoms with Crippen LogP contribution in [-0.4, -0.2) is 63.3 Å². The summed E-state index contributed by atoms with van der Waals surface area (Å²) in [5, 5.41) is 8.50. The summed E-state index contributed by atoms with van der Waals surface area (Å²) in [5.41, 5.74) is 3.32. The third-order valence-corrected chi connectivity index (χ3v) is 6.46. The van der Waals surface area contributed by atoms with Crippen LogP contribution in [0.1, 0.15) is 17.5 Å². The molecule has 0 atom stereocenters. The molecule has 35 heavy (non-hydrogen) atoms. The van der Waals surface area contributed by atoms with E-state index in [-0.39, 0.29) is 5.91 Å². The van der Waals surface area contributed by atoms with E-state index >= 15 is 0 Å². The fourth-order valence-electron chi connectivity index (χ4n) is 4.55. The monoisotopic (exact) mass is 469 g/mol. The van der Waals surface area contributed by atoms with Gasteiger partial charge in [-0.05, 0) is 17.5 Å². The van der Waals surface area contributed by atoms with Crippen LogP contribution in [0, 0.1) is 0 Å². The molecule has 2 aromatic carbocycles. The number of aromatic nitrogens is 4. The lowest BCUT2D eigenvalue weighted by atomic mass is 10.1. The molecule has 1 aliphatic heterocycles. The maximum Gasteiger partial charge on any atom is 0.220 e. The highest BCUT2D eigenvalue weighted by Crippen LogP contribution is 2.24. The summed E-state index contributed by atoms with van der Waals surface area (Å²) < 4.78 is 1.85. The number of benzene rings is 2. The van der Waals surface area contributed by atoms with Crippen molar-refractivity contribution in [1.29, 1.82) is 0 Å². The topological polar surface area (TPSA) is 79.2 Å². The molecule has 4 aromatic rings. The average Bonchev–Trinajstić information content (AvgIpc) is 3.32. The maximum atomic E-state index is 12.2. The van der Waals surface area contributed by atoms with Crippen molar-refractivity contribution in [2.75, 3.05) is 37.6 Å². The second-order valence-corrected chi connectivity index (χ2v) is 8.89. The summed E-state index contributed by atoms with van der Waals surface area (Å²) in [6.07, 6.45) is 4.68. The lowest BCUT2D eigenvalue weighted by molar-refractivity contribution is -0.121. The van der Waals surface area contributed by atoms with Gasteiger partial charge in [0.05, 0.1) is 18.1 Å². The Morgan fingerprint density at radius 3 is 2.34 bits per heavy atom. The number of nitrogens with zero attached hydrogens (tertiary/aromatic N) is 6. The van der Waals surface area contributed by atoms with Crippen LogP contribution in [0.4, 0.5) is 5.82 Å². The van der Waals surface area contributed by atoms with Gasteiger partial charge in [0.1, 0.15) is 12.1 Å². The van der Waals surface area contributed by atoms with Gasteiger partial charge < -0.3 is 10.2 Å². The number of fused-ring (bicyclic) bond motifs is 1. The van der Waals surface area contributed by atoms with Crippen molar-refractivity contribution >= 4 is 22.8 Å². The Kier molecular flexibility index (Phi) is 7.29. The first-order chi connectivity index (χ1) is 17.3. The van der Waals surface area contributed by atoms with Gasteiger partial charge in [0.15, 0.2) is 5.65 Å². The van der Waals surface area contributed by atoms with E-state index in [1.54, 1.807) is 6.33 Å². The highest BCUT2D eigenvalue weighted by molar-refractivity contribution is 5.86. The van der Waals surface area contributed by atoms with E-state index in [2.05, 4.69) is 60.5 Å². The molecule has 0 saturated carbocycles. The van der Waals surface area contributed by atoms with Crippen molar-refractivity contribution in [2.24, 2.45) is 0 Å². The SMILES string of the molecule is O=C(CCc1ccccc1)NCCn1ncc2c(N3CCN(Cc4ccccc4)CC3)ncnc21. The Morgan fingerprint density at radius 1 is 0.886 bits per heavy atom. The quantitative estimate of drug-likeness (QED) is 0.406. The van der Waals surface area contributed by atoms with Gasteiger partial charge in [-0.3, -0.25) is 9.69 Å². The summed E-state index contributed by atoms with van der Waals surface area (Å²) in [5.74, 6) is 0.988. The predicted molar refractivity (Wildman–Crippen MR) is 137 cm³/mol. The summed E-state index contributed by atoms with van der Waals surface area (Å²) in [4.78, 5) is 26.1. The van der Waals surface area contributed by atoms with Gasteiger partial charge in [-0.15, -0.1) is 0 Å². The van der Waals surface area contributed by atoms with Crippen molar-refractivity contribution in [1.82, 2.24) is 30.0 Å². The Balaban J connectivity index is 1.14. The summed E-state index contributed by atoms with van der Waals surface area (Å²) >= 11 is 0. The molecule has 3 heterocycles. The lowest BCUT2D eigenvalue weighted by Gasteiger charge is -2.35. The molecule has 2 aromatic heterocycles. The van der Waals surface area contributed by atoms with E-state index in [4.69, 9.17) is 0 Å². The minimum atomic E-state index is 0.0500. The Hall–Kier alpha value is -3.78. The second-order valence-electron chi connectivity index (χ2n) is 8.89. The Bertz CT molecular complexity index is 1230. The number of anilines is 1. The average molecular weight is 470 g/mol. The molecule has 0 unspecified atom stereocenters. The maximum absolute atomic E-state index is 12.2. The molecule has 0 spiro atoms. The molecule has 5 rings (SSSR count). The molecular weight excluding hydrogens is 438 g/mol. The van der Waals surface area contributed by atoms with Crippen molar-refractivity contribution in [3.8, 4) is 0 Å². The van der Waals surface area contributed by atoms with Crippen LogP contribution in [0.15, 0.2) is 73.2 Å². The van der Waals surface area contributed by atoms with Gasteiger partial charge in [0, 0.05) is 45.7 Å².